The second-order valence-electron chi connectivity index (χ2n) is 7.24. The normalized spacial score (nSPS) is 14.6. The van der Waals surface area contributed by atoms with Gasteiger partial charge in [0.25, 0.3) is 5.91 Å². The number of benzene rings is 2. The lowest BCUT2D eigenvalue weighted by Gasteiger charge is -2.27. The maximum atomic E-state index is 12.9. The fourth-order valence-electron chi connectivity index (χ4n) is 3.76. The second kappa shape index (κ2) is 9.36. The Kier molecular flexibility index (Phi) is 6.64. The number of nitrogens with one attached hydrogen (secondary N) is 1. The van der Waals surface area contributed by atoms with E-state index >= 15 is 0 Å². The Hall–Kier alpha value is -2.62. The molecule has 0 aliphatic heterocycles. The van der Waals surface area contributed by atoms with Crippen molar-refractivity contribution in [2.75, 3.05) is 18.5 Å². The van der Waals surface area contributed by atoms with Crippen molar-refractivity contribution in [1.29, 1.82) is 0 Å². The number of hydrogen-bond acceptors (Lipinski definition) is 2. The number of amides is 2. The molecule has 0 saturated heterocycles. The Morgan fingerprint density at radius 3 is 2.37 bits per heavy atom. The van der Waals surface area contributed by atoms with Crippen molar-refractivity contribution in [2.45, 2.75) is 38.5 Å². The summed E-state index contributed by atoms with van der Waals surface area (Å²) in [6.45, 7) is 0.567. The van der Waals surface area contributed by atoms with E-state index < -0.39 is 0 Å². The molecule has 1 fully saturated rings. The number of para-hydroxylation sites is 1. The summed E-state index contributed by atoms with van der Waals surface area (Å²) in [6, 6.07) is 17.4. The van der Waals surface area contributed by atoms with Crippen LogP contribution in [0, 0.1) is 5.92 Å². The van der Waals surface area contributed by atoms with E-state index in [1.807, 2.05) is 36.4 Å². The van der Waals surface area contributed by atoms with Crippen molar-refractivity contribution < 1.29 is 9.59 Å². The molecule has 2 amide bonds. The van der Waals surface area contributed by atoms with Gasteiger partial charge in [0.15, 0.2) is 0 Å². The van der Waals surface area contributed by atoms with E-state index in [0.29, 0.717) is 17.8 Å². The van der Waals surface area contributed by atoms with Crippen LogP contribution in [0.2, 0.25) is 0 Å². The van der Waals surface area contributed by atoms with Gasteiger partial charge in [0, 0.05) is 19.5 Å². The molecule has 0 atom stereocenters. The van der Waals surface area contributed by atoms with Crippen LogP contribution >= 0.6 is 0 Å². The van der Waals surface area contributed by atoms with Gasteiger partial charge in [-0.05, 0) is 37.0 Å². The van der Waals surface area contributed by atoms with Crippen molar-refractivity contribution in [3.63, 3.8) is 0 Å². The summed E-state index contributed by atoms with van der Waals surface area (Å²) < 4.78 is 0. The quantitative estimate of drug-likeness (QED) is 0.835. The zero-order chi connectivity index (χ0) is 19.1. The molecule has 1 aliphatic rings. The molecule has 1 saturated carbocycles. The van der Waals surface area contributed by atoms with Gasteiger partial charge >= 0.3 is 0 Å². The number of carbonyl (C=O) groups is 2. The summed E-state index contributed by atoms with van der Waals surface area (Å²) in [6.07, 6.45) is 6.14. The molecule has 1 N–H and O–H groups in total. The molecule has 142 valence electrons. The molecule has 1 aliphatic carbocycles. The van der Waals surface area contributed by atoms with Gasteiger partial charge in [-0.25, -0.2) is 0 Å². The third-order valence-electron chi connectivity index (χ3n) is 5.34. The standard InChI is InChI=1S/C23H28N2O2/c1-25(23(27)19-12-6-3-7-13-19)21-15-9-8-14-20(21)22(26)24-17-16-18-10-4-2-5-11-18/h2,4-5,8-11,14-15,19H,3,6-7,12-13,16-17H2,1H3,(H,24,26). The summed E-state index contributed by atoms with van der Waals surface area (Å²) in [5.74, 6) is 0.0713. The third-order valence-corrected chi connectivity index (χ3v) is 5.34. The number of hydrogen-bond donors (Lipinski definition) is 1. The van der Waals surface area contributed by atoms with Gasteiger partial charge in [-0.15, -0.1) is 0 Å². The van der Waals surface area contributed by atoms with Crippen LogP contribution in [0.15, 0.2) is 54.6 Å². The largest absolute Gasteiger partial charge is 0.352 e. The molecule has 0 bridgehead atoms. The molecule has 2 aromatic rings. The SMILES string of the molecule is CN(C(=O)C1CCCCC1)c1ccccc1C(=O)NCCc1ccccc1. The molecular formula is C23H28N2O2. The van der Waals surface area contributed by atoms with Gasteiger partial charge in [0.2, 0.25) is 5.91 Å². The highest BCUT2D eigenvalue weighted by atomic mass is 16.2. The molecule has 27 heavy (non-hydrogen) atoms. The zero-order valence-electron chi connectivity index (χ0n) is 16.0. The molecule has 0 spiro atoms. The van der Waals surface area contributed by atoms with E-state index in [1.54, 1.807) is 18.0 Å². The van der Waals surface area contributed by atoms with Crippen LogP contribution in [-0.4, -0.2) is 25.4 Å². The van der Waals surface area contributed by atoms with E-state index in [-0.39, 0.29) is 17.7 Å². The van der Waals surface area contributed by atoms with E-state index in [9.17, 15) is 9.59 Å². The smallest absolute Gasteiger partial charge is 0.253 e. The maximum Gasteiger partial charge on any atom is 0.253 e. The number of nitrogens with zero attached hydrogens (tertiary/aromatic N) is 1. The average Bonchev–Trinajstić information content (AvgIpc) is 2.74. The van der Waals surface area contributed by atoms with Crippen LogP contribution in [0.3, 0.4) is 0 Å². The zero-order valence-corrected chi connectivity index (χ0v) is 16.0. The van der Waals surface area contributed by atoms with Crippen LogP contribution in [0.4, 0.5) is 5.69 Å². The van der Waals surface area contributed by atoms with Crippen molar-refractivity contribution >= 4 is 17.5 Å². The van der Waals surface area contributed by atoms with Crippen LogP contribution in [0.25, 0.3) is 0 Å². The van der Waals surface area contributed by atoms with E-state index in [0.717, 1.165) is 32.1 Å². The first kappa shape index (κ1) is 19.2. The van der Waals surface area contributed by atoms with Crippen molar-refractivity contribution in [3.8, 4) is 0 Å². The van der Waals surface area contributed by atoms with Gasteiger partial charge in [-0.2, -0.15) is 0 Å². The Bertz CT molecular complexity index is 767. The number of anilines is 1. The molecular weight excluding hydrogens is 336 g/mol. The third kappa shape index (κ3) is 4.97. The first-order valence-electron chi connectivity index (χ1n) is 9.85. The Morgan fingerprint density at radius 1 is 0.963 bits per heavy atom. The molecule has 0 aromatic heterocycles. The van der Waals surface area contributed by atoms with Gasteiger partial charge in [-0.1, -0.05) is 61.7 Å². The van der Waals surface area contributed by atoms with E-state index in [4.69, 9.17) is 0 Å². The van der Waals surface area contributed by atoms with Gasteiger partial charge in [-0.3, -0.25) is 9.59 Å². The Morgan fingerprint density at radius 2 is 1.63 bits per heavy atom. The molecule has 3 rings (SSSR count). The predicted molar refractivity (Wildman–Crippen MR) is 109 cm³/mol. The van der Waals surface area contributed by atoms with Gasteiger partial charge in [0.05, 0.1) is 11.3 Å². The Balaban J connectivity index is 1.65. The number of carbonyl (C=O) groups excluding carboxylic acids is 2. The van der Waals surface area contributed by atoms with Crippen molar-refractivity contribution in [1.82, 2.24) is 5.32 Å². The van der Waals surface area contributed by atoms with Crippen LogP contribution in [-0.2, 0) is 11.2 Å². The van der Waals surface area contributed by atoms with E-state index in [1.165, 1.54) is 12.0 Å². The molecule has 2 aromatic carbocycles. The lowest BCUT2D eigenvalue weighted by atomic mass is 9.88. The Labute approximate surface area is 161 Å². The highest BCUT2D eigenvalue weighted by Crippen LogP contribution is 2.28. The predicted octanol–water partition coefficient (Wildman–Crippen LogP) is 4.20. The number of rotatable bonds is 6. The topological polar surface area (TPSA) is 49.4 Å². The van der Waals surface area contributed by atoms with Crippen LogP contribution in [0.5, 0.6) is 0 Å². The van der Waals surface area contributed by atoms with Crippen molar-refractivity contribution in [3.05, 3.63) is 65.7 Å². The first-order valence-corrected chi connectivity index (χ1v) is 9.85. The molecule has 0 radical (unpaired) electrons. The summed E-state index contributed by atoms with van der Waals surface area (Å²) in [4.78, 5) is 27.2. The average molecular weight is 364 g/mol. The summed E-state index contributed by atoms with van der Waals surface area (Å²) in [7, 11) is 1.78. The minimum absolute atomic E-state index is 0.0814. The fraction of sp³-hybridized carbons (Fsp3) is 0.391. The molecule has 0 heterocycles. The fourth-order valence-corrected chi connectivity index (χ4v) is 3.76. The van der Waals surface area contributed by atoms with Crippen LogP contribution in [0.1, 0.15) is 48.0 Å². The minimum Gasteiger partial charge on any atom is -0.352 e. The van der Waals surface area contributed by atoms with Crippen LogP contribution < -0.4 is 10.2 Å². The maximum absolute atomic E-state index is 12.9. The summed E-state index contributed by atoms with van der Waals surface area (Å²) in [5, 5.41) is 2.98. The summed E-state index contributed by atoms with van der Waals surface area (Å²) >= 11 is 0. The van der Waals surface area contributed by atoms with Crippen molar-refractivity contribution in [2.24, 2.45) is 5.92 Å². The molecule has 4 nitrogen and oxygen atoms in total. The lowest BCUT2D eigenvalue weighted by Crippen LogP contribution is -2.36. The monoisotopic (exact) mass is 364 g/mol. The second-order valence-corrected chi connectivity index (χ2v) is 7.24. The first-order chi connectivity index (χ1) is 13.2. The van der Waals surface area contributed by atoms with Gasteiger partial charge in [0.1, 0.15) is 0 Å². The summed E-state index contributed by atoms with van der Waals surface area (Å²) in [5.41, 5.74) is 2.43. The molecule has 0 unspecified atom stereocenters. The van der Waals surface area contributed by atoms with E-state index in [2.05, 4.69) is 17.4 Å². The highest BCUT2D eigenvalue weighted by molar-refractivity contribution is 6.05. The highest BCUT2D eigenvalue weighted by Gasteiger charge is 2.26. The minimum atomic E-state index is -0.134. The molecule has 4 heteroatoms. The van der Waals surface area contributed by atoms with Gasteiger partial charge < -0.3 is 10.2 Å². The lowest BCUT2D eigenvalue weighted by molar-refractivity contribution is -0.123.